The lowest BCUT2D eigenvalue weighted by Crippen LogP contribution is -2.49. The molecule has 0 radical (unpaired) electrons. The maximum absolute atomic E-state index is 5.76. The Morgan fingerprint density at radius 1 is 1.10 bits per heavy atom. The van der Waals surface area contributed by atoms with Crippen LogP contribution in [0.1, 0.15) is 44.6 Å². The monoisotopic (exact) mass is 288 g/mol. The first-order chi connectivity index (χ1) is 10.2. The fraction of sp³-hybridized carbons (Fsp3) is 0.667. The van der Waals surface area contributed by atoms with E-state index in [1.165, 1.54) is 37.9 Å². The number of benzene rings is 1. The predicted octanol–water partition coefficient (Wildman–Crippen LogP) is 3.02. The fourth-order valence-corrected chi connectivity index (χ4v) is 3.85. The van der Waals surface area contributed by atoms with E-state index in [4.69, 9.17) is 4.74 Å². The Balaban J connectivity index is 1.69. The van der Waals surface area contributed by atoms with Crippen LogP contribution in [0.5, 0.6) is 5.75 Å². The molecule has 0 unspecified atom stereocenters. The van der Waals surface area contributed by atoms with Crippen molar-refractivity contribution in [1.82, 2.24) is 10.2 Å². The highest BCUT2D eigenvalue weighted by Gasteiger charge is 2.33. The van der Waals surface area contributed by atoms with Crippen LogP contribution < -0.4 is 10.1 Å². The van der Waals surface area contributed by atoms with Crippen LogP contribution in [0.3, 0.4) is 0 Å². The quantitative estimate of drug-likeness (QED) is 0.922. The molecule has 116 valence electrons. The van der Waals surface area contributed by atoms with Crippen LogP contribution in [0.2, 0.25) is 0 Å². The second-order valence-electron chi connectivity index (χ2n) is 6.63. The molecule has 2 atom stereocenters. The average molecular weight is 288 g/mol. The van der Waals surface area contributed by atoms with Crippen LogP contribution in [-0.4, -0.2) is 43.2 Å². The Labute approximate surface area is 128 Å². The molecule has 0 bridgehead atoms. The van der Waals surface area contributed by atoms with Gasteiger partial charge < -0.3 is 10.1 Å². The highest BCUT2D eigenvalue weighted by atomic mass is 16.5. The summed E-state index contributed by atoms with van der Waals surface area (Å²) in [4.78, 5) is 2.70. The maximum atomic E-state index is 5.76. The number of piperazine rings is 1. The number of hydrogen-bond acceptors (Lipinski definition) is 3. The van der Waals surface area contributed by atoms with Gasteiger partial charge in [0.15, 0.2) is 0 Å². The average Bonchev–Trinajstić information content (AvgIpc) is 2.98. The zero-order chi connectivity index (χ0) is 14.7. The number of rotatable bonds is 4. The summed E-state index contributed by atoms with van der Waals surface area (Å²) in [5.41, 5.74) is 1.49. The molecular weight excluding hydrogens is 260 g/mol. The summed E-state index contributed by atoms with van der Waals surface area (Å²) in [5, 5.41) is 3.46. The lowest BCUT2D eigenvalue weighted by Gasteiger charge is -2.36. The Hall–Kier alpha value is -1.06. The molecule has 2 aliphatic rings. The van der Waals surface area contributed by atoms with E-state index in [1.807, 2.05) is 0 Å². The van der Waals surface area contributed by atoms with Crippen LogP contribution in [0.25, 0.3) is 0 Å². The van der Waals surface area contributed by atoms with E-state index in [9.17, 15) is 0 Å². The second-order valence-corrected chi connectivity index (χ2v) is 6.63. The number of nitrogens with one attached hydrogen (secondary N) is 1. The zero-order valence-electron chi connectivity index (χ0n) is 13.3. The minimum Gasteiger partial charge on any atom is -0.491 e. The topological polar surface area (TPSA) is 24.5 Å². The zero-order valence-corrected chi connectivity index (χ0v) is 13.3. The molecule has 1 aliphatic heterocycles. The largest absolute Gasteiger partial charge is 0.491 e. The van der Waals surface area contributed by atoms with Gasteiger partial charge in [0, 0.05) is 32.2 Å². The van der Waals surface area contributed by atoms with Crippen molar-refractivity contribution < 1.29 is 4.74 Å². The smallest absolute Gasteiger partial charge is 0.119 e. The summed E-state index contributed by atoms with van der Waals surface area (Å²) in [6.45, 7) is 8.84. The third-order valence-corrected chi connectivity index (χ3v) is 4.78. The van der Waals surface area contributed by atoms with Gasteiger partial charge in [0.25, 0.3) is 0 Å². The van der Waals surface area contributed by atoms with E-state index in [-0.39, 0.29) is 6.10 Å². The Kier molecular flexibility index (Phi) is 4.81. The van der Waals surface area contributed by atoms with Gasteiger partial charge in [0.05, 0.1) is 6.10 Å². The standard InChI is InChI=1S/C18H28N2O/c1-14(2)21-16-8-6-15(7-9-16)17-4-3-5-18(17)20-12-10-19-11-13-20/h6-9,14,17-19H,3-5,10-13H2,1-2H3/t17-,18-/m0/s1. The molecule has 3 rings (SSSR count). The Morgan fingerprint density at radius 2 is 1.81 bits per heavy atom. The number of nitrogens with zero attached hydrogens (tertiary/aromatic N) is 1. The summed E-state index contributed by atoms with van der Waals surface area (Å²) >= 11 is 0. The van der Waals surface area contributed by atoms with Crippen LogP contribution in [0, 0.1) is 0 Å². The Morgan fingerprint density at radius 3 is 2.48 bits per heavy atom. The summed E-state index contributed by atoms with van der Waals surface area (Å²) in [6.07, 6.45) is 4.30. The van der Waals surface area contributed by atoms with Crippen molar-refractivity contribution in [2.45, 2.75) is 51.2 Å². The predicted molar refractivity (Wildman–Crippen MR) is 87.0 cm³/mol. The highest BCUT2D eigenvalue weighted by Crippen LogP contribution is 2.38. The number of hydrogen-bond donors (Lipinski definition) is 1. The highest BCUT2D eigenvalue weighted by molar-refractivity contribution is 5.31. The molecule has 0 amide bonds. The molecule has 3 heteroatoms. The molecule has 21 heavy (non-hydrogen) atoms. The van der Waals surface area contributed by atoms with E-state index in [0.29, 0.717) is 5.92 Å². The van der Waals surface area contributed by atoms with Crippen molar-refractivity contribution in [1.29, 1.82) is 0 Å². The van der Waals surface area contributed by atoms with Crippen LogP contribution in [0.4, 0.5) is 0 Å². The summed E-state index contributed by atoms with van der Waals surface area (Å²) in [5.74, 6) is 1.70. The third kappa shape index (κ3) is 3.58. The van der Waals surface area contributed by atoms with E-state index >= 15 is 0 Å². The molecule has 1 saturated heterocycles. The first-order valence-corrected chi connectivity index (χ1v) is 8.45. The van der Waals surface area contributed by atoms with Crippen molar-refractivity contribution in [3.8, 4) is 5.75 Å². The van der Waals surface area contributed by atoms with Crippen LogP contribution >= 0.6 is 0 Å². The van der Waals surface area contributed by atoms with Gasteiger partial charge in [0.1, 0.15) is 5.75 Å². The molecular formula is C18H28N2O. The van der Waals surface area contributed by atoms with Crippen molar-refractivity contribution in [3.63, 3.8) is 0 Å². The molecule has 1 aliphatic carbocycles. The van der Waals surface area contributed by atoms with Crippen LogP contribution in [0.15, 0.2) is 24.3 Å². The molecule has 1 aromatic rings. The molecule has 2 fully saturated rings. The molecule has 0 aromatic heterocycles. The van der Waals surface area contributed by atoms with Gasteiger partial charge in [-0.15, -0.1) is 0 Å². The van der Waals surface area contributed by atoms with Crippen molar-refractivity contribution in [2.75, 3.05) is 26.2 Å². The van der Waals surface area contributed by atoms with Crippen LogP contribution in [-0.2, 0) is 0 Å². The SMILES string of the molecule is CC(C)Oc1ccc([C@@H]2CCC[C@@H]2N2CCNCC2)cc1. The van der Waals surface area contributed by atoms with Gasteiger partial charge in [-0.3, -0.25) is 4.90 Å². The second kappa shape index (κ2) is 6.80. The van der Waals surface area contributed by atoms with Crippen molar-refractivity contribution >= 4 is 0 Å². The number of ether oxygens (including phenoxy) is 1. The van der Waals surface area contributed by atoms with Gasteiger partial charge in [-0.25, -0.2) is 0 Å². The van der Waals surface area contributed by atoms with Crippen molar-refractivity contribution in [3.05, 3.63) is 29.8 Å². The Bertz CT molecular complexity index is 437. The van der Waals surface area contributed by atoms with E-state index < -0.39 is 0 Å². The minimum atomic E-state index is 0.246. The summed E-state index contributed by atoms with van der Waals surface area (Å²) in [6, 6.07) is 9.58. The lowest BCUT2D eigenvalue weighted by atomic mass is 9.92. The van der Waals surface area contributed by atoms with E-state index in [1.54, 1.807) is 0 Å². The molecule has 0 spiro atoms. The van der Waals surface area contributed by atoms with Crippen molar-refractivity contribution in [2.24, 2.45) is 0 Å². The third-order valence-electron chi connectivity index (χ3n) is 4.78. The fourth-order valence-electron chi connectivity index (χ4n) is 3.85. The lowest BCUT2D eigenvalue weighted by molar-refractivity contribution is 0.163. The molecule has 1 N–H and O–H groups in total. The van der Waals surface area contributed by atoms with E-state index in [0.717, 1.165) is 24.9 Å². The van der Waals surface area contributed by atoms with Gasteiger partial charge in [0.2, 0.25) is 0 Å². The first-order valence-electron chi connectivity index (χ1n) is 8.45. The van der Waals surface area contributed by atoms with Gasteiger partial charge in [-0.2, -0.15) is 0 Å². The molecule has 1 aromatic carbocycles. The summed E-state index contributed by atoms with van der Waals surface area (Å²) in [7, 11) is 0. The molecule has 1 heterocycles. The van der Waals surface area contributed by atoms with Gasteiger partial charge >= 0.3 is 0 Å². The van der Waals surface area contributed by atoms with Gasteiger partial charge in [-0.1, -0.05) is 18.6 Å². The molecule has 3 nitrogen and oxygen atoms in total. The first kappa shape index (κ1) is 14.9. The van der Waals surface area contributed by atoms with E-state index in [2.05, 4.69) is 48.3 Å². The normalized spacial score (nSPS) is 27.2. The summed E-state index contributed by atoms with van der Waals surface area (Å²) < 4.78 is 5.76. The van der Waals surface area contributed by atoms with Gasteiger partial charge in [-0.05, 0) is 50.3 Å². The minimum absolute atomic E-state index is 0.246. The maximum Gasteiger partial charge on any atom is 0.119 e. The molecule has 1 saturated carbocycles.